The maximum Gasteiger partial charge on any atom is 0.355 e. The Morgan fingerprint density at radius 2 is 1.82 bits per heavy atom. The van der Waals surface area contributed by atoms with Crippen LogP contribution in [-0.2, 0) is 16.0 Å². The van der Waals surface area contributed by atoms with Gasteiger partial charge in [0.2, 0.25) is 0 Å². The molecule has 154 valence electrons. The number of halogens is 4. The van der Waals surface area contributed by atoms with Crippen molar-refractivity contribution >= 4 is 23.5 Å². The number of nitrogens with zero attached hydrogens (tertiary/aromatic N) is 3. The van der Waals surface area contributed by atoms with Crippen LogP contribution in [0.1, 0.15) is 37.7 Å². The summed E-state index contributed by atoms with van der Waals surface area (Å²) >= 11 is 5.83. The molecule has 1 heterocycles. The third kappa shape index (κ3) is 5.84. The van der Waals surface area contributed by atoms with Gasteiger partial charge in [0.15, 0.2) is 5.82 Å². The van der Waals surface area contributed by atoms with Gasteiger partial charge >= 0.3 is 24.2 Å². The predicted molar refractivity (Wildman–Crippen MR) is 92.7 cm³/mol. The van der Waals surface area contributed by atoms with Crippen molar-refractivity contribution in [2.24, 2.45) is 0 Å². The minimum Gasteiger partial charge on any atom is -0.481 e. The van der Waals surface area contributed by atoms with Crippen LogP contribution in [0.2, 0.25) is 5.02 Å². The first-order valence-electron chi connectivity index (χ1n) is 7.87. The Hall–Kier alpha value is -2.82. The van der Waals surface area contributed by atoms with Crippen molar-refractivity contribution in [3.63, 3.8) is 0 Å². The highest BCUT2D eigenvalue weighted by molar-refractivity contribution is 6.31. The summed E-state index contributed by atoms with van der Waals surface area (Å²) in [5, 5.41) is 20.0. The highest BCUT2D eigenvalue weighted by atomic mass is 35.5. The number of aromatic nitrogens is 3. The van der Waals surface area contributed by atoms with Gasteiger partial charge in [-0.25, -0.2) is 13.8 Å². The maximum absolute atomic E-state index is 14.0. The average molecular weight is 424 g/mol. The number of alkyl halides is 2. The number of aliphatic carboxylic acids is 2. The van der Waals surface area contributed by atoms with Crippen LogP contribution in [-0.4, -0.2) is 36.5 Å². The Morgan fingerprint density at radius 1 is 1.25 bits per heavy atom. The van der Waals surface area contributed by atoms with Gasteiger partial charge in [-0.3, -0.25) is 9.59 Å². The quantitative estimate of drug-likeness (QED) is 0.738. The fourth-order valence-electron chi connectivity index (χ4n) is 2.03. The molecule has 1 aromatic carbocycles. The standard InChI is InChI=1S/C13H11ClF3N3O3.C3H6O2/c1-6-18-20(13(23)19(6)12(16)17)10-4-7(2-3-11(21)22)8(14)5-9(10)15;1-2-3(4)5/h4-5,12H,2-3H2,1H3,(H,21,22);2H2,1H3,(H,4,5). The van der Waals surface area contributed by atoms with E-state index >= 15 is 0 Å². The molecule has 0 aliphatic heterocycles. The molecular weight excluding hydrogens is 407 g/mol. The molecule has 28 heavy (non-hydrogen) atoms. The maximum atomic E-state index is 14.0. The Morgan fingerprint density at radius 3 is 2.25 bits per heavy atom. The fourth-order valence-corrected chi connectivity index (χ4v) is 2.28. The normalized spacial score (nSPS) is 10.5. The van der Waals surface area contributed by atoms with Crippen molar-refractivity contribution in [2.45, 2.75) is 39.7 Å². The summed E-state index contributed by atoms with van der Waals surface area (Å²) in [7, 11) is 0. The minimum atomic E-state index is -3.11. The van der Waals surface area contributed by atoms with Crippen LogP contribution < -0.4 is 5.69 Å². The Labute approximate surface area is 161 Å². The van der Waals surface area contributed by atoms with Crippen LogP contribution >= 0.6 is 11.6 Å². The summed E-state index contributed by atoms with van der Waals surface area (Å²) in [5.41, 5.74) is -1.31. The summed E-state index contributed by atoms with van der Waals surface area (Å²) in [6.45, 7) is -0.330. The Bertz CT molecular complexity index is 927. The zero-order valence-electron chi connectivity index (χ0n) is 14.8. The number of hydrogen-bond donors (Lipinski definition) is 2. The van der Waals surface area contributed by atoms with Crippen molar-refractivity contribution in [3.05, 3.63) is 44.8 Å². The van der Waals surface area contributed by atoms with Crippen molar-refractivity contribution in [1.29, 1.82) is 0 Å². The first kappa shape index (κ1) is 23.2. The summed E-state index contributed by atoms with van der Waals surface area (Å²) < 4.78 is 40.3. The second-order valence-corrected chi connectivity index (χ2v) is 5.83. The predicted octanol–water partition coefficient (Wildman–Crippen LogP) is 3.03. The molecule has 0 saturated heterocycles. The van der Waals surface area contributed by atoms with E-state index in [1.165, 1.54) is 6.92 Å². The molecule has 0 amide bonds. The topological polar surface area (TPSA) is 114 Å². The van der Waals surface area contributed by atoms with E-state index in [4.69, 9.17) is 21.8 Å². The number of carbonyl (C=O) groups is 2. The van der Waals surface area contributed by atoms with Gasteiger partial charge in [0, 0.05) is 17.9 Å². The van der Waals surface area contributed by atoms with E-state index in [0.717, 1.165) is 12.1 Å². The largest absolute Gasteiger partial charge is 0.481 e. The molecule has 0 radical (unpaired) electrons. The van der Waals surface area contributed by atoms with Crippen LogP contribution in [0, 0.1) is 12.7 Å². The van der Waals surface area contributed by atoms with Crippen molar-refractivity contribution < 1.29 is 33.0 Å². The third-order valence-electron chi connectivity index (χ3n) is 3.43. The first-order chi connectivity index (χ1) is 13.0. The third-order valence-corrected chi connectivity index (χ3v) is 3.78. The van der Waals surface area contributed by atoms with E-state index in [0.29, 0.717) is 4.68 Å². The van der Waals surface area contributed by atoms with Crippen LogP contribution in [0.4, 0.5) is 13.2 Å². The summed E-state index contributed by atoms with van der Waals surface area (Å²) in [6.07, 6.45) is -0.0467. The number of hydrogen-bond acceptors (Lipinski definition) is 4. The molecule has 0 spiro atoms. The molecule has 0 atom stereocenters. The zero-order chi connectivity index (χ0) is 21.6. The highest BCUT2D eigenvalue weighted by Crippen LogP contribution is 2.24. The lowest BCUT2D eigenvalue weighted by molar-refractivity contribution is -0.137. The lowest BCUT2D eigenvalue weighted by atomic mass is 10.1. The van der Waals surface area contributed by atoms with E-state index in [2.05, 4.69) is 5.10 Å². The molecular formula is C16H17ClF3N3O5. The van der Waals surface area contributed by atoms with Gasteiger partial charge < -0.3 is 10.2 Å². The molecule has 0 bridgehead atoms. The van der Waals surface area contributed by atoms with Gasteiger partial charge in [-0.05, 0) is 31.0 Å². The molecule has 0 unspecified atom stereocenters. The van der Waals surface area contributed by atoms with Crippen LogP contribution in [0.15, 0.2) is 16.9 Å². The van der Waals surface area contributed by atoms with Crippen molar-refractivity contribution in [3.8, 4) is 5.69 Å². The summed E-state index contributed by atoms with van der Waals surface area (Å²) in [6, 6.07) is 2.02. The summed E-state index contributed by atoms with van der Waals surface area (Å²) in [4.78, 5) is 31.9. The smallest absolute Gasteiger partial charge is 0.355 e. The molecule has 0 aliphatic rings. The number of benzene rings is 1. The van der Waals surface area contributed by atoms with Gasteiger partial charge in [-0.2, -0.15) is 13.5 Å². The van der Waals surface area contributed by atoms with E-state index in [1.54, 1.807) is 6.92 Å². The highest BCUT2D eigenvalue weighted by Gasteiger charge is 2.21. The van der Waals surface area contributed by atoms with Crippen LogP contribution in [0.3, 0.4) is 0 Å². The molecule has 2 N–H and O–H groups in total. The second-order valence-electron chi connectivity index (χ2n) is 5.43. The fraction of sp³-hybridized carbons (Fsp3) is 0.375. The van der Waals surface area contributed by atoms with Crippen molar-refractivity contribution in [2.75, 3.05) is 0 Å². The lowest BCUT2D eigenvalue weighted by Gasteiger charge is -2.08. The lowest BCUT2D eigenvalue weighted by Crippen LogP contribution is -2.25. The van der Waals surface area contributed by atoms with Crippen LogP contribution in [0.5, 0.6) is 0 Å². The summed E-state index contributed by atoms with van der Waals surface area (Å²) in [5.74, 6) is -3.05. The number of carboxylic acids is 2. The number of rotatable bonds is 6. The molecule has 1 aromatic heterocycles. The van der Waals surface area contributed by atoms with Gasteiger partial charge in [-0.15, -0.1) is 5.10 Å². The number of aryl methyl sites for hydroxylation is 2. The van der Waals surface area contributed by atoms with Gasteiger partial charge in [0.05, 0.1) is 0 Å². The van der Waals surface area contributed by atoms with E-state index in [1.807, 2.05) is 0 Å². The van der Waals surface area contributed by atoms with Gasteiger partial charge in [-0.1, -0.05) is 18.5 Å². The molecule has 0 fully saturated rings. The Balaban J connectivity index is 0.000000696. The molecule has 2 rings (SSSR count). The zero-order valence-corrected chi connectivity index (χ0v) is 15.6. The molecule has 12 heteroatoms. The van der Waals surface area contributed by atoms with E-state index in [9.17, 15) is 27.6 Å². The van der Waals surface area contributed by atoms with Gasteiger partial charge in [0.25, 0.3) is 0 Å². The molecule has 0 saturated carbocycles. The molecule has 2 aromatic rings. The van der Waals surface area contributed by atoms with Crippen LogP contribution in [0.25, 0.3) is 5.69 Å². The van der Waals surface area contributed by atoms with E-state index in [-0.39, 0.29) is 45.9 Å². The average Bonchev–Trinajstić information content (AvgIpc) is 2.88. The minimum absolute atomic E-state index is 0.00919. The molecule has 0 aliphatic carbocycles. The monoisotopic (exact) mass is 423 g/mol. The first-order valence-corrected chi connectivity index (χ1v) is 8.25. The second kappa shape index (κ2) is 9.93. The SMILES string of the molecule is CCC(=O)O.Cc1nn(-c2cc(CCC(=O)O)c(Cl)cc2F)c(=O)n1C(F)F. The van der Waals surface area contributed by atoms with Gasteiger partial charge in [0.1, 0.15) is 11.5 Å². The van der Waals surface area contributed by atoms with Crippen molar-refractivity contribution in [1.82, 2.24) is 14.3 Å². The van der Waals surface area contributed by atoms with E-state index < -0.39 is 30.0 Å². The molecule has 8 nitrogen and oxygen atoms in total. The number of carboxylic acid groups (broad SMARTS) is 2. The Kier molecular flexibility index (Phi) is 8.23.